The molecule has 1 unspecified atom stereocenters. The summed E-state index contributed by atoms with van der Waals surface area (Å²) in [6, 6.07) is -0.414. The zero-order valence-electron chi connectivity index (χ0n) is 8.38. The molecule has 0 radical (unpaired) electrons. The van der Waals surface area contributed by atoms with E-state index >= 15 is 0 Å². The highest BCUT2D eigenvalue weighted by atomic mass is 16.7. The molecule has 0 aliphatic rings. The molecule has 0 rings (SSSR count). The maximum absolute atomic E-state index is 10.9. The van der Waals surface area contributed by atoms with Gasteiger partial charge in [-0.1, -0.05) is 0 Å². The third kappa shape index (κ3) is 5.27. The molecule has 0 bridgehead atoms. The van der Waals surface area contributed by atoms with Crippen molar-refractivity contribution in [3.8, 4) is 0 Å². The first-order chi connectivity index (χ1) is 7.04. The lowest BCUT2D eigenvalue weighted by molar-refractivity contribution is -0.150. The number of rotatable bonds is 6. The molecule has 88 valence electrons. The first-order valence-electron chi connectivity index (χ1n) is 4.19. The Hall–Kier alpha value is -1.22. The Morgan fingerprint density at radius 1 is 1.27 bits per heavy atom. The van der Waals surface area contributed by atoms with E-state index < -0.39 is 18.0 Å². The quantitative estimate of drug-likeness (QED) is 0.420. The van der Waals surface area contributed by atoms with Gasteiger partial charge in [-0.05, 0) is 6.92 Å². The molecule has 0 heterocycles. The molecule has 0 spiro atoms. The first kappa shape index (κ1) is 13.8. The summed E-state index contributed by atoms with van der Waals surface area (Å²) in [5.74, 6) is 7.85. The van der Waals surface area contributed by atoms with Crippen LogP contribution < -0.4 is 11.8 Å². The molecule has 8 heteroatoms. The summed E-state index contributed by atoms with van der Waals surface area (Å²) in [6.45, 7) is 0.934. The standard InChI is InChI=1S/C7H15N3O5/c1-5(4-11)10(2-6(12)14-8)3-7(13)15-9/h5,11H,2-4,8-9H2,1H3. The number of nitrogens with zero attached hydrogens (tertiary/aromatic N) is 1. The Morgan fingerprint density at radius 2 is 1.67 bits per heavy atom. The fraction of sp³-hybridized carbons (Fsp3) is 0.714. The summed E-state index contributed by atoms with van der Waals surface area (Å²) in [4.78, 5) is 30.9. The van der Waals surface area contributed by atoms with Crippen LogP contribution >= 0.6 is 0 Å². The van der Waals surface area contributed by atoms with Crippen LogP contribution in [-0.4, -0.2) is 47.7 Å². The Labute approximate surface area is 86.6 Å². The molecule has 8 nitrogen and oxygen atoms in total. The van der Waals surface area contributed by atoms with Gasteiger partial charge in [-0.2, -0.15) is 11.8 Å². The van der Waals surface area contributed by atoms with Crippen LogP contribution in [0.4, 0.5) is 0 Å². The molecule has 1 atom stereocenters. The maximum atomic E-state index is 10.9. The van der Waals surface area contributed by atoms with Crippen LogP contribution in [0.2, 0.25) is 0 Å². The fourth-order valence-electron chi connectivity index (χ4n) is 0.889. The molecule has 0 fully saturated rings. The lowest BCUT2D eigenvalue weighted by Gasteiger charge is -2.24. The fourth-order valence-corrected chi connectivity index (χ4v) is 0.889. The number of carbonyl (C=O) groups is 2. The molecule has 0 aromatic rings. The Morgan fingerprint density at radius 3 is 1.93 bits per heavy atom. The lowest BCUT2D eigenvalue weighted by atomic mass is 10.3. The van der Waals surface area contributed by atoms with Crippen LogP contribution in [-0.2, 0) is 19.3 Å². The van der Waals surface area contributed by atoms with Gasteiger partial charge in [0.25, 0.3) is 0 Å². The number of nitrogens with two attached hydrogens (primary N) is 2. The van der Waals surface area contributed by atoms with Crippen molar-refractivity contribution in [2.45, 2.75) is 13.0 Å². The molecule has 0 saturated carbocycles. The van der Waals surface area contributed by atoms with Crippen LogP contribution in [0.25, 0.3) is 0 Å². The van der Waals surface area contributed by atoms with E-state index in [0.29, 0.717) is 0 Å². The van der Waals surface area contributed by atoms with E-state index in [0.717, 1.165) is 0 Å². The van der Waals surface area contributed by atoms with Crippen molar-refractivity contribution in [1.82, 2.24) is 4.90 Å². The smallest absolute Gasteiger partial charge is 0.338 e. The minimum Gasteiger partial charge on any atom is -0.395 e. The van der Waals surface area contributed by atoms with E-state index in [1.165, 1.54) is 4.90 Å². The highest BCUT2D eigenvalue weighted by Gasteiger charge is 2.20. The molecule has 0 aliphatic heterocycles. The van der Waals surface area contributed by atoms with Crippen molar-refractivity contribution < 1.29 is 24.4 Å². The second-order valence-electron chi connectivity index (χ2n) is 2.92. The van der Waals surface area contributed by atoms with Gasteiger partial charge in [-0.25, -0.2) is 9.59 Å². The number of aliphatic hydroxyl groups excluding tert-OH is 1. The minimum absolute atomic E-state index is 0.226. The maximum Gasteiger partial charge on any atom is 0.338 e. The minimum atomic E-state index is -0.722. The van der Waals surface area contributed by atoms with Crippen molar-refractivity contribution in [3.63, 3.8) is 0 Å². The zero-order chi connectivity index (χ0) is 11.8. The highest BCUT2D eigenvalue weighted by Crippen LogP contribution is 1.98. The van der Waals surface area contributed by atoms with Gasteiger partial charge >= 0.3 is 11.9 Å². The second-order valence-corrected chi connectivity index (χ2v) is 2.92. The topological polar surface area (TPSA) is 128 Å². The molecule has 15 heavy (non-hydrogen) atoms. The predicted octanol–water partition coefficient (Wildman–Crippen LogP) is -2.50. The first-order valence-corrected chi connectivity index (χ1v) is 4.19. The number of aliphatic hydroxyl groups is 1. The lowest BCUT2D eigenvalue weighted by Crippen LogP contribution is -2.44. The monoisotopic (exact) mass is 221 g/mol. The van der Waals surface area contributed by atoms with Crippen molar-refractivity contribution in [2.75, 3.05) is 19.7 Å². The Balaban J connectivity index is 4.30. The van der Waals surface area contributed by atoms with E-state index in [4.69, 9.17) is 5.11 Å². The average Bonchev–Trinajstić information content (AvgIpc) is 2.26. The number of hydrogen-bond acceptors (Lipinski definition) is 8. The molecule has 0 saturated heterocycles. The number of hydrogen-bond donors (Lipinski definition) is 3. The summed E-state index contributed by atoms with van der Waals surface area (Å²) >= 11 is 0. The Bertz CT molecular complexity index is 205. The van der Waals surface area contributed by atoms with Gasteiger partial charge in [-0.3, -0.25) is 4.90 Å². The molecule has 5 N–H and O–H groups in total. The third-order valence-corrected chi connectivity index (χ3v) is 1.81. The van der Waals surface area contributed by atoms with Gasteiger partial charge < -0.3 is 14.8 Å². The SMILES string of the molecule is CC(CO)N(CC(=O)ON)CC(=O)ON. The van der Waals surface area contributed by atoms with E-state index in [1.807, 2.05) is 0 Å². The van der Waals surface area contributed by atoms with E-state index in [1.54, 1.807) is 6.92 Å². The normalized spacial score (nSPS) is 12.3. The second kappa shape index (κ2) is 7.12. The van der Waals surface area contributed by atoms with Crippen molar-refractivity contribution in [2.24, 2.45) is 11.8 Å². The van der Waals surface area contributed by atoms with Crippen molar-refractivity contribution >= 4 is 11.9 Å². The summed E-state index contributed by atoms with van der Waals surface area (Å²) in [5, 5.41) is 8.87. The van der Waals surface area contributed by atoms with E-state index in [2.05, 4.69) is 21.5 Å². The van der Waals surface area contributed by atoms with Gasteiger partial charge in [0.2, 0.25) is 0 Å². The largest absolute Gasteiger partial charge is 0.395 e. The van der Waals surface area contributed by atoms with Gasteiger partial charge in [-0.15, -0.1) is 0 Å². The van der Waals surface area contributed by atoms with Gasteiger partial charge in [0.1, 0.15) is 0 Å². The summed E-state index contributed by atoms with van der Waals surface area (Å²) in [5.41, 5.74) is 0. The summed E-state index contributed by atoms with van der Waals surface area (Å²) < 4.78 is 0. The van der Waals surface area contributed by atoms with Crippen LogP contribution in [0.15, 0.2) is 0 Å². The predicted molar refractivity (Wildman–Crippen MR) is 48.7 cm³/mol. The zero-order valence-corrected chi connectivity index (χ0v) is 8.38. The summed E-state index contributed by atoms with van der Waals surface area (Å²) in [6.07, 6.45) is 0. The van der Waals surface area contributed by atoms with Gasteiger partial charge in [0.15, 0.2) is 0 Å². The van der Waals surface area contributed by atoms with Crippen LogP contribution in [0, 0.1) is 0 Å². The average molecular weight is 221 g/mol. The van der Waals surface area contributed by atoms with Crippen LogP contribution in [0.1, 0.15) is 6.92 Å². The molecule has 0 aliphatic carbocycles. The molecule has 0 aromatic heterocycles. The van der Waals surface area contributed by atoms with Crippen LogP contribution in [0.5, 0.6) is 0 Å². The molecular weight excluding hydrogens is 206 g/mol. The Kier molecular flexibility index (Phi) is 6.54. The van der Waals surface area contributed by atoms with Crippen molar-refractivity contribution in [3.05, 3.63) is 0 Å². The van der Waals surface area contributed by atoms with Crippen molar-refractivity contribution in [1.29, 1.82) is 0 Å². The van der Waals surface area contributed by atoms with E-state index in [9.17, 15) is 9.59 Å². The molecule has 0 aromatic carbocycles. The number of carbonyl (C=O) groups excluding carboxylic acids is 2. The van der Waals surface area contributed by atoms with Crippen LogP contribution in [0.3, 0.4) is 0 Å². The highest BCUT2D eigenvalue weighted by molar-refractivity contribution is 5.74. The van der Waals surface area contributed by atoms with Gasteiger partial charge in [0, 0.05) is 6.04 Å². The molecular formula is C7H15N3O5. The molecule has 0 amide bonds. The summed E-state index contributed by atoms with van der Waals surface area (Å²) in [7, 11) is 0. The van der Waals surface area contributed by atoms with Gasteiger partial charge in [0.05, 0.1) is 19.7 Å². The third-order valence-electron chi connectivity index (χ3n) is 1.81. The van der Waals surface area contributed by atoms with E-state index in [-0.39, 0.29) is 19.7 Å².